The van der Waals surface area contributed by atoms with E-state index in [1.165, 1.54) is 30.3 Å². The Labute approximate surface area is 148 Å². The third-order valence-electron chi connectivity index (χ3n) is 3.29. The van der Waals surface area contributed by atoms with E-state index >= 15 is 0 Å². The number of halogens is 1. The number of furan rings is 1. The van der Waals surface area contributed by atoms with Gasteiger partial charge in [-0.25, -0.2) is 0 Å². The molecule has 0 spiro atoms. The number of hydrogen-bond acceptors (Lipinski definition) is 5. The number of hydrogen-bond donors (Lipinski definition) is 1. The number of rotatable bonds is 5. The summed E-state index contributed by atoms with van der Waals surface area (Å²) in [6.45, 7) is 0. The molecule has 1 aromatic heterocycles. The molecule has 1 N–H and O–H groups in total. The fraction of sp³-hybridized carbons (Fsp3) is 0. The number of carbonyl (C=O) groups is 1. The lowest BCUT2D eigenvalue weighted by Crippen LogP contribution is -2.01. The normalized spacial score (nSPS) is 11.3. The van der Waals surface area contributed by atoms with Crippen LogP contribution < -0.4 is 4.74 Å². The van der Waals surface area contributed by atoms with Gasteiger partial charge in [0.1, 0.15) is 22.2 Å². The molecular formula is C17H11ClO6S. The number of aldehydes is 1. The molecule has 25 heavy (non-hydrogen) atoms. The first-order valence-electron chi connectivity index (χ1n) is 6.97. The van der Waals surface area contributed by atoms with Crippen molar-refractivity contribution in [3.8, 4) is 22.8 Å². The maximum Gasteiger partial charge on any atom is 0.295 e. The molecule has 1 heterocycles. The molecule has 0 saturated heterocycles. The third kappa shape index (κ3) is 3.90. The smallest absolute Gasteiger partial charge is 0.295 e. The van der Waals surface area contributed by atoms with Crippen molar-refractivity contribution in [3.63, 3.8) is 0 Å². The minimum atomic E-state index is -4.55. The second-order valence-electron chi connectivity index (χ2n) is 5.01. The molecule has 0 unspecified atom stereocenters. The summed E-state index contributed by atoms with van der Waals surface area (Å²) in [4.78, 5) is 10.3. The molecule has 128 valence electrons. The van der Waals surface area contributed by atoms with Crippen molar-refractivity contribution in [2.75, 3.05) is 0 Å². The van der Waals surface area contributed by atoms with Crippen molar-refractivity contribution in [3.05, 3.63) is 65.4 Å². The summed E-state index contributed by atoms with van der Waals surface area (Å²) < 4.78 is 43.8. The Morgan fingerprint density at radius 3 is 2.28 bits per heavy atom. The van der Waals surface area contributed by atoms with Crippen LogP contribution in [0.3, 0.4) is 0 Å². The fourth-order valence-electron chi connectivity index (χ4n) is 2.18. The first-order chi connectivity index (χ1) is 11.9. The van der Waals surface area contributed by atoms with Crippen molar-refractivity contribution in [2.24, 2.45) is 0 Å². The van der Waals surface area contributed by atoms with Gasteiger partial charge in [0.15, 0.2) is 12.0 Å². The predicted molar refractivity (Wildman–Crippen MR) is 90.9 cm³/mol. The molecule has 0 amide bonds. The highest BCUT2D eigenvalue weighted by atomic mass is 35.5. The maximum atomic E-state index is 11.7. The largest absolute Gasteiger partial charge is 0.457 e. The SMILES string of the molecule is O=Cc1ccc(-c2ccc(Oc3ccc(Cl)cc3)cc2S(=O)(=O)O)o1. The summed E-state index contributed by atoms with van der Waals surface area (Å²) in [6, 6.07) is 13.4. The molecule has 2 aromatic carbocycles. The lowest BCUT2D eigenvalue weighted by molar-refractivity contribution is 0.110. The molecule has 0 fully saturated rings. The van der Waals surface area contributed by atoms with Gasteiger partial charge in [-0.05, 0) is 48.5 Å². The van der Waals surface area contributed by atoms with Crippen LogP contribution in [0.15, 0.2) is 63.9 Å². The van der Waals surface area contributed by atoms with Crippen molar-refractivity contribution in [1.82, 2.24) is 0 Å². The quantitative estimate of drug-likeness (QED) is 0.520. The van der Waals surface area contributed by atoms with Gasteiger partial charge in [0.2, 0.25) is 0 Å². The van der Waals surface area contributed by atoms with E-state index in [0.29, 0.717) is 17.1 Å². The van der Waals surface area contributed by atoms with E-state index in [0.717, 1.165) is 0 Å². The minimum Gasteiger partial charge on any atom is -0.457 e. The molecule has 0 bridgehead atoms. The lowest BCUT2D eigenvalue weighted by atomic mass is 10.1. The van der Waals surface area contributed by atoms with Gasteiger partial charge >= 0.3 is 0 Å². The van der Waals surface area contributed by atoms with E-state index in [1.807, 2.05) is 0 Å². The highest BCUT2D eigenvalue weighted by Crippen LogP contribution is 2.33. The summed E-state index contributed by atoms with van der Waals surface area (Å²) in [5.74, 6) is 0.811. The van der Waals surface area contributed by atoms with Crippen LogP contribution in [-0.4, -0.2) is 19.3 Å². The van der Waals surface area contributed by atoms with Gasteiger partial charge < -0.3 is 9.15 Å². The van der Waals surface area contributed by atoms with Crippen LogP contribution in [0.25, 0.3) is 11.3 Å². The highest BCUT2D eigenvalue weighted by Gasteiger charge is 2.20. The zero-order valence-corrected chi connectivity index (χ0v) is 14.1. The summed E-state index contributed by atoms with van der Waals surface area (Å²) in [5.41, 5.74) is 0.110. The van der Waals surface area contributed by atoms with Crippen molar-refractivity contribution in [2.45, 2.75) is 4.90 Å². The second-order valence-corrected chi connectivity index (χ2v) is 6.84. The summed E-state index contributed by atoms with van der Waals surface area (Å²) in [6.07, 6.45) is 0.495. The maximum absolute atomic E-state index is 11.7. The van der Waals surface area contributed by atoms with Crippen LogP contribution in [-0.2, 0) is 10.1 Å². The molecular weight excluding hydrogens is 368 g/mol. The van der Waals surface area contributed by atoms with E-state index in [2.05, 4.69) is 0 Å². The zero-order chi connectivity index (χ0) is 18.0. The Morgan fingerprint density at radius 2 is 1.68 bits per heavy atom. The van der Waals surface area contributed by atoms with E-state index in [-0.39, 0.29) is 22.8 Å². The van der Waals surface area contributed by atoms with Gasteiger partial charge in [0.25, 0.3) is 10.1 Å². The third-order valence-corrected chi connectivity index (χ3v) is 4.43. The predicted octanol–water partition coefficient (Wildman–Crippen LogP) is 4.45. The minimum absolute atomic E-state index is 0.0396. The Balaban J connectivity index is 2.03. The average Bonchev–Trinajstić information content (AvgIpc) is 3.05. The number of benzene rings is 2. The van der Waals surface area contributed by atoms with Crippen LogP contribution in [0.2, 0.25) is 5.02 Å². The van der Waals surface area contributed by atoms with Gasteiger partial charge in [-0.2, -0.15) is 8.42 Å². The second kappa shape index (κ2) is 6.72. The zero-order valence-electron chi connectivity index (χ0n) is 12.5. The first kappa shape index (κ1) is 17.2. The molecule has 0 aliphatic rings. The van der Waals surface area contributed by atoms with Gasteiger partial charge in [0.05, 0.1) is 0 Å². The van der Waals surface area contributed by atoms with Crippen molar-refractivity contribution < 1.29 is 26.9 Å². The van der Waals surface area contributed by atoms with Crippen LogP contribution >= 0.6 is 11.6 Å². The highest BCUT2D eigenvalue weighted by molar-refractivity contribution is 7.86. The number of ether oxygens (including phenoxy) is 1. The summed E-state index contributed by atoms with van der Waals surface area (Å²) >= 11 is 5.80. The topological polar surface area (TPSA) is 93.8 Å². The monoisotopic (exact) mass is 378 g/mol. The Kier molecular flexibility index (Phi) is 4.63. The van der Waals surface area contributed by atoms with Crippen molar-refractivity contribution >= 4 is 28.0 Å². The summed E-state index contributed by atoms with van der Waals surface area (Å²) in [5, 5.41) is 0.533. The Morgan fingerprint density at radius 1 is 1.00 bits per heavy atom. The van der Waals surface area contributed by atoms with E-state index in [9.17, 15) is 17.8 Å². The van der Waals surface area contributed by atoms with Crippen LogP contribution in [0.1, 0.15) is 10.6 Å². The Bertz CT molecular complexity index is 1020. The van der Waals surface area contributed by atoms with Gasteiger partial charge in [-0.15, -0.1) is 0 Å². The molecule has 3 aromatic rings. The fourth-order valence-corrected chi connectivity index (χ4v) is 3.02. The molecule has 3 rings (SSSR count). The molecule has 8 heteroatoms. The lowest BCUT2D eigenvalue weighted by Gasteiger charge is -2.10. The first-order valence-corrected chi connectivity index (χ1v) is 8.79. The van der Waals surface area contributed by atoms with Crippen LogP contribution in [0.4, 0.5) is 0 Å². The molecule has 0 atom stereocenters. The van der Waals surface area contributed by atoms with Gasteiger partial charge in [0, 0.05) is 16.7 Å². The molecule has 0 aliphatic carbocycles. The van der Waals surface area contributed by atoms with Gasteiger partial charge in [-0.1, -0.05) is 11.6 Å². The van der Waals surface area contributed by atoms with E-state index < -0.39 is 15.0 Å². The van der Waals surface area contributed by atoms with E-state index in [1.54, 1.807) is 24.3 Å². The van der Waals surface area contributed by atoms with E-state index in [4.69, 9.17) is 20.8 Å². The average molecular weight is 379 g/mol. The molecule has 0 aliphatic heterocycles. The molecule has 0 radical (unpaired) electrons. The molecule has 6 nitrogen and oxygen atoms in total. The standard InChI is InChI=1S/C17H11ClO6S/c18-11-1-3-12(4-2-11)23-13-5-7-15(17(9-13)25(20,21)22)16-8-6-14(10-19)24-16/h1-10H,(H,20,21,22). The number of carbonyl (C=O) groups excluding carboxylic acids is 1. The Hall–Kier alpha value is -2.61. The van der Waals surface area contributed by atoms with Crippen molar-refractivity contribution in [1.29, 1.82) is 0 Å². The van der Waals surface area contributed by atoms with Crippen LogP contribution in [0, 0.1) is 0 Å². The summed E-state index contributed by atoms with van der Waals surface area (Å²) in [7, 11) is -4.55. The molecule has 0 saturated carbocycles. The van der Waals surface area contributed by atoms with Gasteiger partial charge in [-0.3, -0.25) is 9.35 Å². The van der Waals surface area contributed by atoms with Crippen LogP contribution in [0.5, 0.6) is 11.5 Å².